The number of rotatable bonds is 7. The zero-order valence-corrected chi connectivity index (χ0v) is 22.2. The first-order chi connectivity index (χ1) is 18.8. The van der Waals surface area contributed by atoms with E-state index in [-0.39, 0.29) is 23.3 Å². The van der Waals surface area contributed by atoms with Gasteiger partial charge in [0, 0.05) is 23.3 Å². The molecule has 0 radical (unpaired) electrons. The van der Waals surface area contributed by atoms with E-state index in [2.05, 4.69) is 23.7 Å². The fourth-order valence-corrected chi connectivity index (χ4v) is 3.45. The fourth-order valence-electron chi connectivity index (χ4n) is 3.45. The summed E-state index contributed by atoms with van der Waals surface area (Å²) in [6.07, 6.45) is 0.525. The average Bonchev–Trinajstić information content (AvgIpc) is 2.96. The van der Waals surface area contributed by atoms with Gasteiger partial charge in [0.1, 0.15) is 23.0 Å². The first-order valence-corrected chi connectivity index (χ1v) is 11.7. The van der Waals surface area contributed by atoms with Crippen molar-refractivity contribution in [3.8, 4) is 63.9 Å². The summed E-state index contributed by atoms with van der Waals surface area (Å²) in [7, 11) is 5.95. The normalized spacial score (nSPS) is 9.87. The fraction of sp³-hybridized carbons (Fsp3) is 0.233. The molecule has 0 unspecified atom stereocenters. The summed E-state index contributed by atoms with van der Waals surface area (Å²) in [4.78, 5) is 13.1. The Balaban J connectivity index is 2.27. The molecule has 0 aromatic heterocycles. The van der Waals surface area contributed by atoms with E-state index in [1.807, 2.05) is 6.92 Å². The van der Waals surface area contributed by atoms with Gasteiger partial charge in [0.15, 0.2) is 11.5 Å². The van der Waals surface area contributed by atoms with Gasteiger partial charge in [-0.2, -0.15) is 0 Å². The molecule has 0 heterocycles. The molecule has 9 nitrogen and oxygen atoms in total. The Kier molecular flexibility index (Phi) is 9.39. The zero-order valence-electron chi connectivity index (χ0n) is 22.2. The summed E-state index contributed by atoms with van der Waals surface area (Å²) in [6.45, 7) is 1.88. The lowest BCUT2D eigenvalue weighted by atomic mass is 9.97. The highest BCUT2D eigenvalue weighted by atomic mass is 16.5. The van der Waals surface area contributed by atoms with Crippen molar-refractivity contribution in [2.24, 2.45) is 0 Å². The van der Waals surface area contributed by atoms with Crippen LogP contribution in [0.5, 0.6) is 40.2 Å². The molecule has 9 heteroatoms. The summed E-state index contributed by atoms with van der Waals surface area (Å²) >= 11 is 0. The van der Waals surface area contributed by atoms with Gasteiger partial charge < -0.3 is 39.0 Å². The molecule has 0 bridgehead atoms. The number of carbonyl (C=O) groups is 1. The molecule has 3 N–H and O–H groups in total. The van der Waals surface area contributed by atoms with Gasteiger partial charge in [0.25, 0.3) is 0 Å². The summed E-state index contributed by atoms with van der Waals surface area (Å²) in [5, 5.41) is 31.9. The number of hydrogen-bond acceptors (Lipinski definition) is 9. The number of phenolic OH excluding ortho intramolecular Hbond substituents is 3. The van der Waals surface area contributed by atoms with Gasteiger partial charge in [-0.05, 0) is 30.7 Å². The first-order valence-electron chi connectivity index (χ1n) is 11.7. The predicted octanol–water partition coefficient (Wildman–Crippen LogP) is 4.20. The van der Waals surface area contributed by atoms with E-state index >= 15 is 0 Å². The van der Waals surface area contributed by atoms with E-state index < -0.39 is 23.2 Å². The van der Waals surface area contributed by atoms with E-state index in [4.69, 9.17) is 23.7 Å². The molecule has 3 aromatic carbocycles. The first kappa shape index (κ1) is 28.4. The molecule has 0 saturated carbocycles. The molecule has 3 aromatic rings. The van der Waals surface area contributed by atoms with Crippen LogP contribution in [-0.2, 0) is 4.74 Å². The number of phenols is 3. The van der Waals surface area contributed by atoms with E-state index in [0.29, 0.717) is 40.5 Å². The molecular weight excluding hydrogens is 504 g/mol. The molecule has 0 saturated heterocycles. The van der Waals surface area contributed by atoms with Crippen LogP contribution in [0.3, 0.4) is 0 Å². The Morgan fingerprint density at radius 2 is 1.03 bits per heavy atom. The standard InChI is InChI=1S/C30H28O9/c1-6-11-39-30(34)26-24(9-7-18-12-20(35-2)16-21(13-18)36-3)27(31)29(33)28(32)25(26)10-8-19-14-22(37-4)17-23(15-19)38-5/h12-17,31-33H,6,11H2,1-5H3. The van der Waals surface area contributed by atoms with Gasteiger partial charge in [0.05, 0.1) is 51.7 Å². The molecule has 0 aliphatic rings. The maximum Gasteiger partial charge on any atom is 0.340 e. The van der Waals surface area contributed by atoms with Crippen molar-refractivity contribution in [1.29, 1.82) is 0 Å². The van der Waals surface area contributed by atoms with Crippen LogP contribution in [-0.4, -0.2) is 56.3 Å². The lowest BCUT2D eigenvalue weighted by Crippen LogP contribution is -2.11. The predicted molar refractivity (Wildman–Crippen MR) is 143 cm³/mol. The third-order valence-electron chi connectivity index (χ3n) is 5.43. The lowest BCUT2D eigenvalue weighted by molar-refractivity contribution is 0.0503. The van der Waals surface area contributed by atoms with Crippen molar-refractivity contribution in [2.75, 3.05) is 35.0 Å². The average molecular weight is 533 g/mol. The van der Waals surface area contributed by atoms with Crippen LogP contribution in [0, 0.1) is 23.7 Å². The van der Waals surface area contributed by atoms with Gasteiger partial charge in [-0.25, -0.2) is 4.79 Å². The molecule has 0 aliphatic heterocycles. The molecule has 0 fully saturated rings. The van der Waals surface area contributed by atoms with E-state index in [1.54, 1.807) is 36.4 Å². The van der Waals surface area contributed by atoms with Crippen LogP contribution in [0.15, 0.2) is 36.4 Å². The maximum absolute atomic E-state index is 13.1. The summed E-state index contributed by atoms with van der Waals surface area (Å²) in [6, 6.07) is 9.81. The Morgan fingerprint density at radius 1 is 0.641 bits per heavy atom. The number of aromatic hydroxyl groups is 3. The molecule has 0 amide bonds. The number of ether oxygens (including phenoxy) is 5. The van der Waals surface area contributed by atoms with Crippen LogP contribution in [0.4, 0.5) is 0 Å². The Labute approximate surface area is 226 Å². The minimum Gasteiger partial charge on any atom is -0.503 e. The van der Waals surface area contributed by atoms with Crippen molar-refractivity contribution < 1.29 is 43.8 Å². The highest BCUT2D eigenvalue weighted by Crippen LogP contribution is 2.43. The topological polar surface area (TPSA) is 124 Å². The monoisotopic (exact) mass is 532 g/mol. The number of benzene rings is 3. The highest BCUT2D eigenvalue weighted by molar-refractivity contribution is 5.98. The number of carbonyl (C=O) groups excluding carboxylic acids is 1. The third-order valence-corrected chi connectivity index (χ3v) is 5.43. The summed E-state index contributed by atoms with van der Waals surface area (Å²) < 4.78 is 26.3. The number of esters is 1. The second kappa shape index (κ2) is 12.9. The Morgan fingerprint density at radius 3 is 1.36 bits per heavy atom. The van der Waals surface area contributed by atoms with Crippen molar-refractivity contribution in [3.05, 3.63) is 64.2 Å². The zero-order chi connectivity index (χ0) is 28.5. The molecule has 3 rings (SSSR count). The van der Waals surface area contributed by atoms with Gasteiger partial charge in [-0.15, -0.1) is 0 Å². The number of methoxy groups -OCH3 is 4. The van der Waals surface area contributed by atoms with Crippen LogP contribution in [0.25, 0.3) is 0 Å². The third kappa shape index (κ3) is 6.60. The SMILES string of the molecule is CCCOC(=O)c1c(C#Cc2cc(OC)cc(OC)c2)c(O)c(O)c(O)c1C#Cc1cc(OC)cc(OC)c1. The van der Waals surface area contributed by atoms with Crippen molar-refractivity contribution in [1.82, 2.24) is 0 Å². The quantitative estimate of drug-likeness (QED) is 0.233. The van der Waals surface area contributed by atoms with Crippen LogP contribution in [0.1, 0.15) is 46.0 Å². The van der Waals surface area contributed by atoms with E-state index in [1.165, 1.54) is 28.4 Å². The van der Waals surface area contributed by atoms with E-state index in [0.717, 1.165) is 0 Å². The van der Waals surface area contributed by atoms with Crippen molar-refractivity contribution in [3.63, 3.8) is 0 Å². The van der Waals surface area contributed by atoms with Gasteiger partial charge in [-0.1, -0.05) is 30.6 Å². The van der Waals surface area contributed by atoms with Crippen molar-refractivity contribution >= 4 is 5.97 Å². The highest BCUT2D eigenvalue weighted by Gasteiger charge is 2.27. The molecule has 0 spiro atoms. The largest absolute Gasteiger partial charge is 0.503 e. The summed E-state index contributed by atoms with van der Waals surface area (Å²) in [5.41, 5.74) is 0.00620. The number of hydrogen-bond donors (Lipinski definition) is 3. The Bertz CT molecular complexity index is 1360. The molecule has 0 atom stereocenters. The second-order valence-corrected chi connectivity index (χ2v) is 8.01. The Hall–Kier alpha value is -5.15. The lowest BCUT2D eigenvalue weighted by Gasteiger charge is -2.13. The van der Waals surface area contributed by atoms with Crippen molar-refractivity contribution in [2.45, 2.75) is 13.3 Å². The smallest absolute Gasteiger partial charge is 0.340 e. The van der Waals surface area contributed by atoms with Gasteiger partial charge in [-0.3, -0.25) is 0 Å². The minimum atomic E-state index is -0.887. The van der Waals surface area contributed by atoms with Crippen LogP contribution in [0.2, 0.25) is 0 Å². The van der Waals surface area contributed by atoms with Crippen LogP contribution >= 0.6 is 0 Å². The second-order valence-electron chi connectivity index (χ2n) is 8.01. The molecule has 39 heavy (non-hydrogen) atoms. The molecule has 0 aliphatic carbocycles. The van der Waals surface area contributed by atoms with Gasteiger partial charge in [0.2, 0.25) is 5.75 Å². The molecular formula is C30H28O9. The minimum absolute atomic E-state index is 0.0706. The van der Waals surface area contributed by atoms with E-state index in [9.17, 15) is 20.1 Å². The summed E-state index contributed by atoms with van der Waals surface area (Å²) in [5.74, 6) is 9.59. The van der Waals surface area contributed by atoms with Crippen LogP contribution < -0.4 is 18.9 Å². The molecule has 202 valence electrons. The van der Waals surface area contributed by atoms with Gasteiger partial charge >= 0.3 is 5.97 Å². The maximum atomic E-state index is 13.1.